The van der Waals surface area contributed by atoms with E-state index in [1.165, 1.54) is 0 Å². The lowest BCUT2D eigenvalue weighted by Crippen LogP contribution is -1.92. The Morgan fingerprint density at radius 3 is 2.67 bits per heavy atom. The average molecular weight is 275 g/mol. The van der Waals surface area contributed by atoms with Gasteiger partial charge in [0, 0.05) is 28.4 Å². The molecule has 5 nitrogen and oxygen atoms in total. The van der Waals surface area contributed by atoms with Crippen molar-refractivity contribution in [3.63, 3.8) is 0 Å². The maximum Gasteiger partial charge on any atom is 0.231 e. The molecule has 2 aromatic carbocycles. The first-order valence-electron chi connectivity index (χ1n) is 6.64. The lowest BCUT2D eigenvalue weighted by atomic mass is 10.1. The van der Waals surface area contributed by atoms with Gasteiger partial charge in [0.15, 0.2) is 11.5 Å². The maximum absolute atomic E-state index is 5.44. The monoisotopic (exact) mass is 275 g/mol. The SMILES string of the molecule is c1ccc2c(c1)cnc1c3cc4c(cc3nnc21)OCO4. The fraction of sp³-hybridized carbons (Fsp3) is 0.0625. The van der Waals surface area contributed by atoms with Crippen LogP contribution in [0, 0.1) is 0 Å². The van der Waals surface area contributed by atoms with Crippen LogP contribution in [0.4, 0.5) is 0 Å². The smallest absolute Gasteiger partial charge is 0.231 e. The van der Waals surface area contributed by atoms with Crippen LogP contribution in [0.5, 0.6) is 11.5 Å². The summed E-state index contributed by atoms with van der Waals surface area (Å²) >= 11 is 0. The first kappa shape index (κ1) is 10.8. The summed E-state index contributed by atoms with van der Waals surface area (Å²) in [5, 5.41) is 11.7. The summed E-state index contributed by atoms with van der Waals surface area (Å²) < 4.78 is 10.8. The third-order valence-electron chi connectivity index (χ3n) is 3.78. The summed E-state index contributed by atoms with van der Waals surface area (Å²) in [5.41, 5.74) is 2.39. The molecule has 1 aliphatic heterocycles. The van der Waals surface area contributed by atoms with Crippen molar-refractivity contribution in [2.24, 2.45) is 0 Å². The zero-order valence-electron chi connectivity index (χ0n) is 10.9. The Labute approximate surface area is 119 Å². The minimum absolute atomic E-state index is 0.243. The van der Waals surface area contributed by atoms with Gasteiger partial charge in [0.05, 0.1) is 5.52 Å². The Kier molecular flexibility index (Phi) is 1.95. The molecule has 5 rings (SSSR count). The standard InChI is InChI=1S/C16H9N3O2/c1-2-4-10-9(3-1)7-17-15-11-5-13-14(21-8-20-13)6-12(11)18-19-16(10)15/h1-7H,8H2. The quantitative estimate of drug-likeness (QED) is 0.462. The highest BCUT2D eigenvalue weighted by atomic mass is 16.7. The van der Waals surface area contributed by atoms with E-state index in [1.54, 1.807) is 0 Å². The highest BCUT2D eigenvalue weighted by Crippen LogP contribution is 2.37. The van der Waals surface area contributed by atoms with Crippen molar-refractivity contribution >= 4 is 32.7 Å². The van der Waals surface area contributed by atoms with Gasteiger partial charge in [-0.05, 0) is 6.07 Å². The molecule has 100 valence electrons. The number of aromatic nitrogens is 3. The molecule has 0 atom stereocenters. The minimum atomic E-state index is 0.243. The van der Waals surface area contributed by atoms with Gasteiger partial charge in [-0.15, -0.1) is 10.2 Å². The van der Waals surface area contributed by atoms with E-state index in [-0.39, 0.29) is 6.79 Å². The highest BCUT2D eigenvalue weighted by Gasteiger charge is 2.17. The summed E-state index contributed by atoms with van der Waals surface area (Å²) in [6, 6.07) is 11.8. The van der Waals surface area contributed by atoms with Crippen LogP contribution < -0.4 is 9.47 Å². The summed E-state index contributed by atoms with van der Waals surface area (Å²) in [6.07, 6.45) is 1.86. The summed E-state index contributed by atoms with van der Waals surface area (Å²) in [4.78, 5) is 4.56. The number of rotatable bonds is 0. The fourth-order valence-electron chi connectivity index (χ4n) is 2.75. The Balaban J connectivity index is 1.98. The largest absolute Gasteiger partial charge is 0.454 e. The summed E-state index contributed by atoms with van der Waals surface area (Å²) in [5.74, 6) is 1.43. The van der Waals surface area contributed by atoms with Gasteiger partial charge >= 0.3 is 0 Å². The maximum atomic E-state index is 5.44. The van der Waals surface area contributed by atoms with Gasteiger partial charge < -0.3 is 9.47 Å². The molecule has 2 aromatic heterocycles. The fourth-order valence-corrected chi connectivity index (χ4v) is 2.75. The second-order valence-corrected chi connectivity index (χ2v) is 4.97. The molecule has 0 saturated carbocycles. The Hall–Kier alpha value is -2.95. The molecule has 1 aliphatic rings. The molecule has 0 saturated heterocycles. The molecule has 0 radical (unpaired) electrons. The Morgan fingerprint density at radius 1 is 0.857 bits per heavy atom. The first-order chi connectivity index (χ1) is 10.4. The van der Waals surface area contributed by atoms with Crippen molar-refractivity contribution in [2.45, 2.75) is 0 Å². The summed E-state index contributed by atoms with van der Waals surface area (Å²) in [6.45, 7) is 0.243. The van der Waals surface area contributed by atoms with E-state index in [4.69, 9.17) is 9.47 Å². The van der Waals surface area contributed by atoms with Crippen molar-refractivity contribution in [3.05, 3.63) is 42.6 Å². The number of ether oxygens (including phenoxy) is 2. The second-order valence-electron chi connectivity index (χ2n) is 4.97. The molecule has 4 aromatic rings. The van der Waals surface area contributed by atoms with Crippen LogP contribution in [-0.2, 0) is 0 Å². The van der Waals surface area contributed by atoms with Crippen LogP contribution in [0.25, 0.3) is 32.7 Å². The zero-order chi connectivity index (χ0) is 13.8. The summed E-state index contributed by atoms with van der Waals surface area (Å²) in [7, 11) is 0. The van der Waals surface area contributed by atoms with E-state index >= 15 is 0 Å². The van der Waals surface area contributed by atoms with Crippen molar-refractivity contribution in [2.75, 3.05) is 6.79 Å². The van der Waals surface area contributed by atoms with Crippen LogP contribution in [-0.4, -0.2) is 22.0 Å². The van der Waals surface area contributed by atoms with E-state index in [0.29, 0.717) is 5.75 Å². The van der Waals surface area contributed by atoms with Gasteiger partial charge in [0.2, 0.25) is 6.79 Å². The molecular weight excluding hydrogens is 266 g/mol. The van der Waals surface area contributed by atoms with Crippen molar-refractivity contribution in [3.8, 4) is 11.5 Å². The molecule has 0 amide bonds. The molecule has 0 spiro atoms. The average Bonchev–Trinajstić information content (AvgIpc) is 2.99. The minimum Gasteiger partial charge on any atom is -0.454 e. The molecule has 0 fully saturated rings. The number of nitrogens with zero attached hydrogens (tertiary/aromatic N) is 3. The normalized spacial score (nSPS) is 13.3. The number of pyridine rings is 1. The van der Waals surface area contributed by atoms with Gasteiger partial charge in [-0.1, -0.05) is 24.3 Å². The van der Waals surface area contributed by atoms with Crippen LogP contribution in [0.2, 0.25) is 0 Å². The van der Waals surface area contributed by atoms with Gasteiger partial charge in [0.25, 0.3) is 0 Å². The first-order valence-corrected chi connectivity index (χ1v) is 6.64. The third-order valence-corrected chi connectivity index (χ3v) is 3.78. The van der Waals surface area contributed by atoms with E-state index < -0.39 is 0 Å². The second kappa shape index (κ2) is 3.79. The van der Waals surface area contributed by atoms with Crippen LogP contribution in [0.3, 0.4) is 0 Å². The zero-order valence-corrected chi connectivity index (χ0v) is 10.9. The molecule has 0 aliphatic carbocycles. The van der Waals surface area contributed by atoms with E-state index in [1.807, 2.05) is 42.6 Å². The van der Waals surface area contributed by atoms with Crippen LogP contribution in [0.15, 0.2) is 42.6 Å². The molecule has 0 N–H and O–H groups in total. The Bertz CT molecular complexity index is 1030. The van der Waals surface area contributed by atoms with Crippen LogP contribution >= 0.6 is 0 Å². The number of hydrogen-bond acceptors (Lipinski definition) is 5. The van der Waals surface area contributed by atoms with Crippen molar-refractivity contribution in [1.29, 1.82) is 0 Å². The number of benzene rings is 2. The Morgan fingerprint density at radius 2 is 1.71 bits per heavy atom. The van der Waals surface area contributed by atoms with E-state index in [2.05, 4.69) is 15.2 Å². The van der Waals surface area contributed by atoms with Gasteiger partial charge in [-0.2, -0.15) is 0 Å². The molecule has 21 heavy (non-hydrogen) atoms. The van der Waals surface area contributed by atoms with Crippen LogP contribution in [0.1, 0.15) is 0 Å². The van der Waals surface area contributed by atoms with Crippen molar-refractivity contribution < 1.29 is 9.47 Å². The molecule has 3 heterocycles. The molecule has 0 unspecified atom stereocenters. The van der Waals surface area contributed by atoms with Crippen molar-refractivity contribution in [1.82, 2.24) is 15.2 Å². The lowest BCUT2D eigenvalue weighted by molar-refractivity contribution is 0.174. The predicted molar refractivity (Wildman–Crippen MR) is 78.5 cm³/mol. The number of hydrogen-bond donors (Lipinski definition) is 0. The molecule has 0 bridgehead atoms. The lowest BCUT2D eigenvalue weighted by Gasteiger charge is -2.05. The molecule has 5 heteroatoms. The molecular formula is C16H9N3O2. The topological polar surface area (TPSA) is 57.1 Å². The van der Waals surface area contributed by atoms with E-state index in [9.17, 15) is 0 Å². The van der Waals surface area contributed by atoms with E-state index in [0.717, 1.165) is 38.5 Å². The number of fused-ring (bicyclic) bond motifs is 6. The van der Waals surface area contributed by atoms with Gasteiger partial charge in [-0.25, -0.2) is 0 Å². The predicted octanol–water partition coefficient (Wildman–Crippen LogP) is 3.06. The van der Waals surface area contributed by atoms with Gasteiger partial charge in [-0.3, -0.25) is 4.98 Å². The van der Waals surface area contributed by atoms with Gasteiger partial charge in [0.1, 0.15) is 11.0 Å². The highest BCUT2D eigenvalue weighted by molar-refractivity contribution is 6.12. The third kappa shape index (κ3) is 1.43.